The Hall–Kier alpha value is -2.16. The molecule has 2 N–H and O–H groups in total. The summed E-state index contributed by atoms with van der Waals surface area (Å²) in [5, 5.41) is 13.2. The number of hydrogen-bond donors (Lipinski definition) is 1. The topological polar surface area (TPSA) is 99.8 Å². The third-order valence-corrected chi connectivity index (χ3v) is 3.82. The molecule has 0 aromatic carbocycles. The Morgan fingerprint density at radius 3 is 3.11 bits per heavy atom. The quantitative estimate of drug-likeness (QED) is 0.753. The molecule has 19 heavy (non-hydrogen) atoms. The summed E-state index contributed by atoms with van der Waals surface area (Å²) >= 11 is 1.39. The van der Waals surface area contributed by atoms with Crippen LogP contribution in [0.2, 0.25) is 0 Å². The Bertz CT molecular complexity index is 743. The second-order valence-corrected chi connectivity index (χ2v) is 5.32. The van der Waals surface area contributed by atoms with E-state index in [1.807, 2.05) is 15.3 Å². The molecular formula is C10H10N8S. The van der Waals surface area contributed by atoms with Gasteiger partial charge in [-0.05, 0) is 35.0 Å². The molecule has 96 valence electrons. The van der Waals surface area contributed by atoms with E-state index in [0.29, 0.717) is 16.9 Å². The summed E-state index contributed by atoms with van der Waals surface area (Å²) in [4.78, 5) is 8.59. The summed E-state index contributed by atoms with van der Waals surface area (Å²) < 4.78 is 3.69. The lowest BCUT2D eigenvalue weighted by atomic mass is 10.6. The van der Waals surface area contributed by atoms with E-state index in [1.54, 1.807) is 12.4 Å². The summed E-state index contributed by atoms with van der Waals surface area (Å²) in [7, 11) is 0. The number of tetrazole rings is 1. The first-order valence-corrected chi connectivity index (χ1v) is 6.68. The van der Waals surface area contributed by atoms with Gasteiger partial charge in [0.05, 0.1) is 12.2 Å². The largest absolute Gasteiger partial charge is 0.382 e. The number of aromatic nitrogens is 7. The Morgan fingerprint density at radius 2 is 2.26 bits per heavy atom. The van der Waals surface area contributed by atoms with E-state index in [1.165, 1.54) is 11.8 Å². The first kappa shape index (κ1) is 10.7. The first-order chi connectivity index (χ1) is 9.31. The van der Waals surface area contributed by atoms with E-state index < -0.39 is 0 Å². The highest BCUT2D eigenvalue weighted by molar-refractivity contribution is 7.99. The van der Waals surface area contributed by atoms with Crippen molar-refractivity contribution < 1.29 is 0 Å². The second-order valence-electron chi connectivity index (χ2n) is 4.37. The standard InChI is InChI=1S/C10H10N8S/c11-7-5-17-4-3-12-8(17)9(13-7)19-10-14-15-16-18(10)6-1-2-6/h3-6H,1-2,11H2. The molecule has 0 spiro atoms. The van der Waals surface area contributed by atoms with Gasteiger partial charge in [0, 0.05) is 12.4 Å². The van der Waals surface area contributed by atoms with Crippen molar-refractivity contribution in [2.45, 2.75) is 29.1 Å². The van der Waals surface area contributed by atoms with Gasteiger partial charge in [-0.15, -0.1) is 5.10 Å². The van der Waals surface area contributed by atoms with Crippen molar-refractivity contribution in [1.82, 2.24) is 34.6 Å². The van der Waals surface area contributed by atoms with Crippen LogP contribution in [0.15, 0.2) is 28.8 Å². The normalized spacial score (nSPS) is 15.2. The van der Waals surface area contributed by atoms with Crippen LogP contribution in [0.4, 0.5) is 5.82 Å². The molecule has 0 radical (unpaired) electrons. The molecule has 1 aliphatic rings. The number of nitrogens with zero attached hydrogens (tertiary/aromatic N) is 7. The van der Waals surface area contributed by atoms with Gasteiger partial charge < -0.3 is 10.1 Å². The van der Waals surface area contributed by atoms with Crippen molar-refractivity contribution >= 4 is 23.2 Å². The molecule has 4 rings (SSSR count). The van der Waals surface area contributed by atoms with Crippen LogP contribution in [0.5, 0.6) is 0 Å². The van der Waals surface area contributed by atoms with E-state index in [4.69, 9.17) is 5.73 Å². The molecule has 1 saturated carbocycles. The number of anilines is 1. The van der Waals surface area contributed by atoms with Gasteiger partial charge in [-0.2, -0.15) is 0 Å². The summed E-state index contributed by atoms with van der Waals surface area (Å²) in [6.45, 7) is 0. The molecular weight excluding hydrogens is 264 g/mol. The number of nitrogen functional groups attached to an aromatic ring is 1. The van der Waals surface area contributed by atoms with Crippen LogP contribution in [0.3, 0.4) is 0 Å². The molecule has 8 nitrogen and oxygen atoms in total. The SMILES string of the molecule is Nc1cn2ccnc2c(Sc2nnnn2C2CC2)n1. The predicted octanol–water partition coefficient (Wildman–Crippen LogP) is 0.784. The van der Waals surface area contributed by atoms with Crippen LogP contribution < -0.4 is 5.73 Å². The minimum atomic E-state index is 0.425. The zero-order chi connectivity index (χ0) is 12.8. The molecule has 0 saturated heterocycles. The number of imidazole rings is 1. The van der Waals surface area contributed by atoms with Crippen LogP contribution in [0.1, 0.15) is 18.9 Å². The van der Waals surface area contributed by atoms with Crippen LogP contribution in [-0.4, -0.2) is 34.6 Å². The van der Waals surface area contributed by atoms with Gasteiger partial charge in [-0.3, -0.25) is 0 Å². The molecule has 0 unspecified atom stereocenters. The minimum Gasteiger partial charge on any atom is -0.382 e. The highest BCUT2D eigenvalue weighted by Crippen LogP contribution is 2.38. The van der Waals surface area contributed by atoms with E-state index >= 15 is 0 Å². The van der Waals surface area contributed by atoms with E-state index in [-0.39, 0.29) is 0 Å². The maximum Gasteiger partial charge on any atom is 0.216 e. The highest BCUT2D eigenvalue weighted by atomic mass is 32.2. The average Bonchev–Trinajstić information content (AvgIpc) is 2.94. The Morgan fingerprint density at radius 1 is 1.37 bits per heavy atom. The molecule has 0 amide bonds. The number of rotatable bonds is 3. The fourth-order valence-electron chi connectivity index (χ4n) is 1.88. The predicted molar refractivity (Wildman–Crippen MR) is 67.6 cm³/mol. The smallest absolute Gasteiger partial charge is 0.216 e. The van der Waals surface area contributed by atoms with Crippen molar-refractivity contribution in [1.29, 1.82) is 0 Å². The third kappa shape index (κ3) is 1.82. The summed E-state index contributed by atoms with van der Waals surface area (Å²) in [6, 6.07) is 0.425. The number of nitrogens with two attached hydrogens (primary N) is 1. The van der Waals surface area contributed by atoms with Crippen molar-refractivity contribution in [3.63, 3.8) is 0 Å². The van der Waals surface area contributed by atoms with Crippen molar-refractivity contribution in [3.8, 4) is 0 Å². The lowest BCUT2D eigenvalue weighted by Gasteiger charge is -2.04. The Balaban J connectivity index is 1.78. The molecule has 3 aromatic heterocycles. The van der Waals surface area contributed by atoms with Crippen molar-refractivity contribution in [2.75, 3.05) is 5.73 Å². The average molecular weight is 274 g/mol. The molecule has 1 aliphatic carbocycles. The van der Waals surface area contributed by atoms with Crippen LogP contribution in [0, 0.1) is 0 Å². The molecule has 0 atom stereocenters. The zero-order valence-electron chi connectivity index (χ0n) is 9.84. The summed E-state index contributed by atoms with van der Waals surface area (Å²) in [6.07, 6.45) is 7.53. The van der Waals surface area contributed by atoms with Gasteiger partial charge >= 0.3 is 0 Å². The summed E-state index contributed by atoms with van der Waals surface area (Å²) in [5.41, 5.74) is 6.55. The van der Waals surface area contributed by atoms with Gasteiger partial charge in [-0.1, -0.05) is 0 Å². The fraction of sp³-hybridized carbons (Fsp3) is 0.300. The van der Waals surface area contributed by atoms with Crippen molar-refractivity contribution in [2.24, 2.45) is 0 Å². The van der Waals surface area contributed by atoms with E-state index in [0.717, 1.165) is 23.6 Å². The number of fused-ring (bicyclic) bond motifs is 1. The van der Waals surface area contributed by atoms with Gasteiger partial charge in [0.2, 0.25) is 5.16 Å². The molecule has 3 aromatic rings. The van der Waals surface area contributed by atoms with Crippen molar-refractivity contribution in [3.05, 3.63) is 18.6 Å². The van der Waals surface area contributed by atoms with Gasteiger partial charge in [0.1, 0.15) is 10.8 Å². The Kier molecular flexibility index (Phi) is 2.21. The first-order valence-electron chi connectivity index (χ1n) is 5.86. The molecule has 1 fully saturated rings. The zero-order valence-corrected chi connectivity index (χ0v) is 10.7. The van der Waals surface area contributed by atoms with E-state index in [9.17, 15) is 0 Å². The van der Waals surface area contributed by atoms with Gasteiger partial charge in [-0.25, -0.2) is 14.6 Å². The Labute approximate surface area is 112 Å². The third-order valence-electron chi connectivity index (χ3n) is 2.91. The minimum absolute atomic E-state index is 0.425. The van der Waals surface area contributed by atoms with Crippen LogP contribution in [0.25, 0.3) is 5.65 Å². The van der Waals surface area contributed by atoms with Crippen LogP contribution >= 0.6 is 11.8 Å². The lowest BCUT2D eigenvalue weighted by Crippen LogP contribution is -2.01. The fourth-order valence-corrected chi connectivity index (χ4v) is 2.81. The molecule has 0 aliphatic heterocycles. The maximum absolute atomic E-state index is 5.79. The molecule has 9 heteroatoms. The second kappa shape index (κ2) is 3.92. The maximum atomic E-state index is 5.79. The monoisotopic (exact) mass is 274 g/mol. The lowest BCUT2D eigenvalue weighted by molar-refractivity contribution is 0.565. The molecule has 3 heterocycles. The van der Waals surface area contributed by atoms with Gasteiger partial charge in [0.25, 0.3) is 0 Å². The highest BCUT2D eigenvalue weighted by Gasteiger charge is 2.28. The van der Waals surface area contributed by atoms with Crippen LogP contribution in [-0.2, 0) is 0 Å². The number of hydrogen-bond acceptors (Lipinski definition) is 7. The molecule has 0 bridgehead atoms. The summed E-state index contributed by atoms with van der Waals surface area (Å²) in [5.74, 6) is 0.443. The van der Waals surface area contributed by atoms with E-state index in [2.05, 4.69) is 25.5 Å². The van der Waals surface area contributed by atoms with Gasteiger partial charge in [0.15, 0.2) is 5.65 Å².